The van der Waals surface area contributed by atoms with Crippen molar-refractivity contribution in [1.29, 1.82) is 0 Å². The Labute approximate surface area is 191 Å². The molecule has 11 heteroatoms. The van der Waals surface area contributed by atoms with E-state index in [0.29, 0.717) is 32.1 Å². The average Bonchev–Trinajstić information content (AvgIpc) is 2.47. The van der Waals surface area contributed by atoms with Gasteiger partial charge in [-0.1, -0.05) is 6.42 Å². The fourth-order valence-corrected chi connectivity index (χ4v) is 6.64. The standard InChI is InChI=1S/C13H25NO6S3.K/c1-21-20-11-5-3-6-12(9-11)22(15,16)14-10-4-2-7-13(8-10)23(17,18)19;/h10-14H,2-9H2,1H3,(H,17,18,19);/q;+1/p-1. The number of rotatable bonds is 6. The summed E-state index contributed by atoms with van der Waals surface area (Å²) in [5.41, 5.74) is 0. The van der Waals surface area contributed by atoms with E-state index < -0.39 is 36.7 Å². The van der Waals surface area contributed by atoms with Gasteiger partial charge in [-0.05, 0) is 57.0 Å². The number of hydrogen-bond donors (Lipinski definition) is 1. The molecule has 0 spiro atoms. The summed E-state index contributed by atoms with van der Waals surface area (Å²) in [4.78, 5) is 0. The zero-order chi connectivity index (χ0) is 17.1. The summed E-state index contributed by atoms with van der Waals surface area (Å²) in [5, 5.41) is -1.50. The van der Waals surface area contributed by atoms with Crippen LogP contribution in [0.1, 0.15) is 51.4 Å². The maximum absolute atomic E-state index is 12.6. The van der Waals surface area contributed by atoms with Crippen LogP contribution in [-0.4, -0.2) is 50.3 Å². The summed E-state index contributed by atoms with van der Waals surface area (Å²) in [6, 6.07) is -0.468. The van der Waals surface area contributed by atoms with Crippen LogP contribution in [0.15, 0.2) is 0 Å². The molecule has 2 fully saturated rings. The van der Waals surface area contributed by atoms with Crippen molar-refractivity contribution in [3.05, 3.63) is 0 Å². The van der Waals surface area contributed by atoms with Crippen LogP contribution in [0.5, 0.6) is 0 Å². The summed E-state index contributed by atoms with van der Waals surface area (Å²) in [5.74, 6) is 0. The minimum atomic E-state index is -4.36. The first-order valence-corrected chi connectivity index (χ1v) is 12.0. The van der Waals surface area contributed by atoms with Crippen LogP contribution >= 0.6 is 12.0 Å². The first kappa shape index (κ1) is 23.8. The van der Waals surface area contributed by atoms with Crippen molar-refractivity contribution < 1.29 is 77.0 Å². The fraction of sp³-hybridized carbons (Fsp3) is 1.00. The van der Waals surface area contributed by atoms with Crippen LogP contribution in [0.3, 0.4) is 0 Å². The fourth-order valence-electron chi connectivity index (χ4n) is 3.45. The molecular weight excluding hydrogens is 401 g/mol. The van der Waals surface area contributed by atoms with Gasteiger partial charge in [-0.15, -0.1) is 0 Å². The Morgan fingerprint density at radius 3 is 2.25 bits per heavy atom. The maximum atomic E-state index is 12.6. The predicted octanol–water partition coefficient (Wildman–Crippen LogP) is -1.63. The van der Waals surface area contributed by atoms with Gasteiger partial charge in [-0.25, -0.2) is 21.6 Å². The van der Waals surface area contributed by atoms with E-state index in [9.17, 15) is 21.4 Å². The molecule has 1 N–H and O–H groups in total. The van der Waals surface area contributed by atoms with Crippen LogP contribution in [-0.2, 0) is 24.3 Å². The molecule has 0 aromatic rings. The Kier molecular flexibility index (Phi) is 10.3. The third-order valence-electron chi connectivity index (χ3n) is 4.61. The predicted molar refractivity (Wildman–Crippen MR) is 88.4 cm³/mol. The third kappa shape index (κ3) is 7.06. The Hall–Kier alpha value is 1.77. The molecule has 2 aliphatic rings. The average molecular weight is 426 g/mol. The zero-order valence-electron chi connectivity index (χ0n) is 14.1. The minimum absolute atomic E-state index is 0. The van der Waals surface area contributed by atoms with E-state index in [-0.39, 0.29) is 63.9 Å². The Morgan fingerprint density at radius 2 is 1.62 bits per heavy atom. The Bertz CT molecular complexity index is 595. The van der Waals surface area contributed by atoms with Crippen molar-refractivity contribution in [3.8, 4) is 0 Å². The molecule has 0 aromatic carbocycles. The summed E-state index contributed by atoms with van der Waals surface area (Å²) >= 11 is 1.24. The molecule has 7 nitrogen and oxygen atoms in total. The van der Waals surface area contributed by atoms with Crippen molar-refractivity contribution in [1.82, 2.24) is 4.72 Å². The SMILES string of the molecule is CSOC1CCCC(S(=O)(=O)NC2CCCC(S(=O)(=O)[O-])C2)C1.[K+]. The van der Waals surface area contributed by atoms with Gasteiger partial charge in [0.05, 0.1) is 26.7 Å². The van der Waals surface area contributed by atoms with Gasteiger partial charge in [-0.2, -0.15) is 0 Å². The third-order valence-corrected chi connectivity index (χ3v) is 8.29. The van der Waals surface area contributed by atoms with E-state index in [0.717, 1.165) is 12.8 Å². The summed E-state index contributed by atoms with van der Waals surface area (Å²) in [7, 11) is -7.90. The second kappa shape index (κ2) is 10.3. The first-order chi connectivity index (χ1) is 10.7. The molecule has 4 atom stereocenters. The minimum Gasteiger partial charge on any atom is -0.748 e. The van der Waals surface area contributed by atoms with Gasteiger partial charge >= 0.3 is 51.4 Å². The van der Waals surface area contributed by atoms with Gasteiger partial charge in [0, 0.05) is 12.3 Å². The topological polar surface area (TPSA) is 113 Å². The van der Waals surface area contributed by atoms with Crippen molar-refractivity contribution >= 4 is 32.2 Å². The van der Waals surface area contributed by atoms with Crippen molar-refractivity contribution in [2.24, 2.45) is 0 Å². The van der Waals surface area contributed by atoms with E-state index in [1.807, 2.05) is 6.26 Å². The molecule has 0 saturated heterocycles. The van der Waals surface area contributed by atoms with Crippen LogP contribution in [0.25, 0.3) is 0 Å². The molecule has 0 aliphatic heterocycles. The molecule has 0 bridgehead atoms. The van der Waals surface area contributed by atoms with E-state index in [1.54, 1.807) is 0 Å². The number of nitrogens with one attached hydrogen (secondary N) is 1. The van der Waals surface area contributed by atoms with Crippen molar-refractivity contribution in [3.63, 3.8) is 0 Å². The maximum Gasteiger partial charge on any atom is 1.00 e. The van der Waals surface area contributed by atoms with Crippen LogP contribution < -0.4 is 56.1 Å². The molecule has 0 radical (unpaired) electrons. The quantitative estimate of drug-likeness (QED) is 0.309. The van der Waals surface area contributed by atoms with Gasteiger partial charge in [-0.3, -0.25) is 0 Å². The molecule has 136 valence electrons. The molecule has 0 amide bonds. The monoisotopic (exact) mass is 425 g/mol. The molecule has 0 heterocycles. The number of hydrogen-bond acceptors (Lipinski definition) is 7. The molecule has 4 unspecified atom stereocenters. The van der Waals surface area contributed by atoms with Crippen LogP contribution in [0, 0.1) is 0 Å². The Morgan fingerprint density at radius 1 is 1.00 bits per heavy atom. The smallest absolute Gasteiger partial charge is 0.748 e. The van der Waals surface area contributed by atoms with Crippen LogP contribution in [0.4, 0.5) is 0 Å². The second-order valence-corrected chi connectivity index (χ2v) is 10.5. The summed E-state index contributed by atoms with van der Waals surface area (Å²) in [6.45, 7) is 0. The Balaban J connectivity index is 0.00000288. The molecule has 2 rings (SSSR count). The molecule has 2 aliphatic carbocycles. The second-order valence-electron chi connectivity index (χ2n) is 6.31. The van der Waals surface area contributed by atoms with Gasteiger partial charge in [0.1, 0.15) is 0 Å². The zero-order valence-corrected chi connectivity index (χ0v) is 19.7. The molecule has 24 heavy (non-hydrogen) atoms. The van der Waals surface area contributed by atoms with Crippen molar-refractivity contribution in [2.75, 3.05) is 6.26 Å². The largest absolute Gasteiger partial charge is 1.00 e. The van der Waals surface area contributed by atoms with Gasteiger partial charge in [0.25, 0.3) is 0 Å². The molecule has 2 saturated carbocycles. The number of sulfonamides is 1. The normalized spacial score (nSPS) is 32.1. The van der Waals surface area contributed by atoms with Gasteiger partial charge in [0.2, 0.25) is 10.0 Å². The summed E-state index contributed by atoms with van der Waals surface area (Å²) in [6.07, 6.45) is 5.92. The molecule has 0 aromatic heterocycles. The van der Waals surface area contributed by atoms with Gasteiger partial charge < -0.3 is 8.74 Å². The molecular formula is C13H24KNO6S3. The van der Waals surface area contributed by atoms with E-state index in [2.05, 4.69) is 4.72 Å². The first-order valence-electron chi connectivity index (χ1n) is 7.87. The van der Waals surface area contributed by atoms with Gasteiger partial charge in [0.15, 0.2) is 0 Å². The van der Waals surface area contributed by atoms with Crippen molar-refractivity contribution in [2.45, 2.75) is 74.0 Å². The van der Waals surface area contributed by atoms with Crippen LogP contribution in [0.2, 0.25) is 0 Å². The van der Waals surface area contributed by atoms with E-state index in [4.69, 9.17) is 4.18 Å². The summed E-state index contributed by atoms with van der Waals surface area (Å²) < 4.78 is 66.7. The van der Waals surface area contributed by atoms with E-state index >= 15 is 0 Å². The van der Waals surface area contributed by atoms with E-state index in [1.165, 1.54) is 12.0 Å².